The van der Waals surface area contributed by atoms with E-state index in [0.29, 0.717) is 12.8 Å². The summed E-state index contributed by atoms with van der Waals surface area (Å²) in [4.78, 5) is 10.4. The Hall–Kier alpha value is -0.830. The first-order valence-corrected chi connectivity index (χ1v) is 5.10. The van der Waals surface area contributed by atoms with E-state index >= 15 is 0 Å². The van der Waals surface area contributed by atoms with Crippen molar-refractivity contribution in [1.82, 2.24) is 0 Å². The molecule has 0 saturated carbocycles. The van der Waals surface area contributed by atoms with Crippen LogP contribution in [0.3, 0.4) is 0 Å². The van der Waals surface area contributed by atoms with Crippen LogP contribution in [0.15, 0.2) is 12.2 Å². The maximum Gasteiger partial charge on any atom is 0.0669 e. The van der Waals surface area contributed by atoms with Gasteiger partial charge >= 0.3 is 0 Å². The van der Waals surface area contributed by atoms with Gasteiger partial charge in [-0.05, 0) is 24.3 Å². The molecule has 0 aromatic carbocycles. The first kappa shape index (κ1) is 13.2. The van der Waals surface area contributed by atoms with E-state index in [2.05, 4.69) is 6.58 Å². The van der Waals surface area contributed by atoms with Gasteiger partial charge in [0.2, 0.25) is 0 Å². The van der Waals surface area contributed by atoms with Crippen molar-refractivity contribution in [2.45, 2.75) is 45.6 Å². The van der Waals surface area contributed by atoms with Crippen LogP contribution in [0.25, 0.3) is 0 Å². The fourth-order valence-electron chi connectivity index (χ4n) is 1.48. The van der Waals surface area contributed by atoms with Crippen molar-refractivity contribution in [2.24, 2.45) is 5.92 Å². The maximum absolute atomic E-state index is 10.4. The van der Waals surface area contributed by atoms with E-state index in [0.717, 1.165) is 12.8 Å². The lowest BCUT2D eigenvalue weighted by molar-refractivity contribution is -0.299. The topological polar surface area (TPSA) is 60.4 Å². The van der Waals surface area contributed by atoms with Crippen molar-refractivity contribution in [3.63, 3.8) is 0 Å². The number of carboxylic acid groups (broad SMARTS) is 1. The minimum absolute atomic E-state index is 0.0136. The molecule has 14 heavy (non-hydrogen) atoms. The second-order valence-electron chi connectivity index (χ2n) is 3.62. The van der Waals surface area contributed by atoms with Crippen molar-refractivity contribution >= 4 is 5.97 Å². The predicted octanol–water partition coefficient (Wildman–Crippen LogP) is 0.870. The quantitative estimate of drug-likeness (QED) is 0.619. The Kier molecular flexibility index (Phi) is 6.21. The number of carbonyl (C=O) groups is 1. The highest BCUT2D eigenvalue weighted by atomic mass is 16.4. The molecule has 0 fully saturated rings. The van der Waals surface area contributed by atoms with Gasteiger partial charge in [-0.25, -0.2) is 0 Å². The van der Waals surface area contributed by atoms with Crippen LogP contribution in [0.1, 0.15) is 39.5 Å². The van der Waals surface area contributed by atoms with Gasteiger partial charge in [-0.3, -0.25) is 0 Å². The summed E-state index contributed by atoms with van der Waals surface area (Å²) in [5.74, 6) is -1.23. The fourth-order valence-corrected chi connectivity index (χ4v) is 1.48. The molecule has 0 spiro atoms. The number of aliphatic hydroxyl groups excluding tert-OH is 1. The molecule has 0 aliphatic carbocycles. The van der Waals surface area contributed by atoms with Gasteiger partial charge in [0, 0.05) is 0 Å². The zero-order valence-corrected chi connectivity index (χ0v) is 8.95. The Morgan fingerprint density at radius 2 is 2.07 bits per heavy atom. The van der Waals surface area contributed by atoms with E-state index in [1.54, 1.807) is 0 Å². The van der Waals surface area contributed by atoms with E-state index in [-0.39, 0.29) is 11.5 Å². The molecular weight excluding hydrogens is 180 g/mol. The molecule has 1 N–H and O–H groups in total. The van der Waals surface area contributed by atoms with Gasteiger partial charge in [0.15, 0.2) is 0 Å². The molecule has 3 nitrogen and oxygen atoms in total. The molecule has 0 rings (SSSR count). The third kappa shape index (κ3) is 4.42. The molecule has 3 heteroatoms. The van der Waals surface area contributed by atoms with Crippen LogP contribution in [-0.2, 0) is 4.79 Å². The molecular formula is C11H19O3-. The summed E-state index contributed by atoms with van der Waals surface area (Å²) in [6.07, 6.45) is 2.25. The molecule has 0 heterocycles. The van der Waals surface area contributed by atoms with E-state index in [1.165, 1.54) is 0 Å². The highest BCUT2D eigenvalue weighted by Crippen LogP contribution is 2.20. The molecule has 0 aromatic heterocycles. The van der Waals surface area contributed by atoms with Crippen LogP contribution in [0, 0.1) is 5.92 Å². The lowest BCUT2D eigenvalue weighted by Crippen LogP contribution is -2.28. The Morgan fingerprint density at radius 1 is 1.50 bits per heavy atom. The van der Waals surface area contributed by atoms with E-state index < -0.39 is 12.1 Å². The normalized spacial score (nSPS) is 14.8. The Balaban J connectivity index is 4.14. The minimum Gasteiger partial charge on any atom is -0.545 e. The number of carboxylic acids is 1. The summed E-state index contributed by atoms with van der Waals surface area (Å²) >= 11 is 0. The molecule has 2 atom stereocenters. The Morgan fingerprint density at radius 3 is 2.43 bits per heavy atom. The first-order chi connectivity index (χ1) is 6.52. The van der Waals surface area contributed by atoms with Gasteiger partial charge in [0.05, 0.1) is 12.1 Å². The summed E-state index contributed by atoms with van der Waals surface area (Å²) < 4.78 is 0. The third-order valence-electron chi connectivity index (χ3n) is 2.45. The number of aliphatic hydroxyl groups is 1. The van der Waals surface area contributed by atoms with Crippen molar-refractivity contribution in [3.8, 4) is 0 Å². The van der Waals surface area contributed by atoms with Crippen LogP contribution >= 0.6 is 0 Å². The SMILES string of the molecule is C=C(CC(CC)C(O)CCC)C(=O)[O-]. The zero-order valence-electron chi connectivity index (χ0n) is 8.95. The maximum atomic E-state index is 10.4. The van der Waals surface area contributed by atoms with E-state index in [4.69, 9.17) is 0 Å². The summed E-state index contributed by atoms with van der Waals surface area (Å²) in [6.45, 7) is 7.34. The lowest BCUT2D eigenvalue weighted by atomic mass is 9.90. The van der Waals surface area contributed by atoms with Crippen LogP contribution in [0.4, 0.5) is 0 Å². The Labute approximate surface area is 85.4 Å². The largest absolute Gasteiger partial charge is 0.545 e. The van der Waals surface area contributed by atoms with Gasteiger partial charge in [-0.15, -0.1) is 0 Å². The second kappa shape index (κ2) is 6.60. The van der Waals surface area contributed by atoms with Gasteiger partial charge < -0.3 is 15.0 Å². The molecule has 0 saturated heterocycles. The third-order valence-corrected chi connectivity index (χ3v) is 2.45. The standard InChI is InChI=1S/C11H20O3/c1-4-6-10(12)9(5-2)7-8(3)11(13)14/h9-10,12H,3-7H2,1-2H3,(H,13,14)/p-1. The van der Waals surface area contributed by atoms with E-state index in [1.807, 2.05) is 13.8 Å². The summed E-state index contributed by atoms with van der Waals surface area (Å²) in [6, 6.07) is 0. The molecule has 0 aliphatic heterocycles. The highest BCUT2D eigenvalue weighted by Gasteiger charge is 2.17. The van der Waals surface area contributed by atoms with Gasteiger partial charge in [0.25, 0.3) is 0 Å². The first-order valence-electron chi connectivity index (χ1n) is 5.10. The number of aliphatic carboxylic acids is 1. The lowest BCUT2D eigenvalue weighted by Gasteiger charge is -2.22. The molecule has 82 valence electrons. The van der Waals surface area contributed by atoms with Crippen LogP contribution in [-0.4, -0.2) is 17.2 Å². The monoisotopic (exact) mass is 199 g/mol. The van der Waals surface area contributed by atoms with Crippen molar-refractivity contribution in [1.29, 1.82) is 0 Å². The molecule has 2 unspecified atom stereocenters. The highest BCUT2D eigenvalue weighted by molar-refractivity contribution is 5.83. The van der Waals surface area contributed by atoms with Crippen molar-refractivity contribution in [2.75, 3.05) is 0 Å². The minimum atomic E-state index is -1.22. The summed E-state index contributed by atoms with van der Waals surface area (Å²) in [7, 11) is 0. The molecule has 0 amide bonds. The van der Waals surface area contributed by atoms with Crippen LogP contribution in [0.5, 0.6) is 0 Å². The van der Waals surface area contributed by atoms with Gasteiger partial charge in [-0.2, -0.15) is 0 Å². The number of rotatable bonds is 7. The van der Waals surface area contributed by atoms with Crippen LogP contribution in [0.2, 0.25) is 0 Å². The average Bonchev–Trinajstić information content (AvgIpc) is 2.13. The molecule has 0 bridgehead atoms. The average molecular weight is 199 g/mol. The summed E-state index contributed by atoms with van der Waals surface area (Å²) in [5, 5.41) is 20.1. The summed E-state index contributed by atoms with van der Waals surface area (Å²) in [5.41, 5.74) is 0.0759. The number of hydrogen-bond acceptors (Lipinski definition) is 3. The van der Waals surface area contributed by atoms with Gasteiger partial charge in [-0.1, -0.05) is 33.3 Å². The van der Waals surface area contributed by atoms with E-state index in [9.17, 15) is 15.0 Å². The fraction of sp³-hybridized carbons (Fsp3) is 0.727. The van der Waals surface area contributed by atoms with Crippen LogP contribution < -0.4 is 5.11 Å². The molecule has 0 aliphatic rings. The van der Waals surface area contributed by atoms with Gasteiger partial charge in [0.1, 0.15) is 0 Å². The number of hydrogen-bond donors (Lipinski definition) is 1. The molecule has 0 radical (unpaired) electrons. The van der Waals surface area contributed by atoms with Crippen molar-refractivity contribution in [3.05, 3.63) is 12.2 Å². The Bertz CT molecular complexity index is 199. The predicted molar refractivity (Wildman–Crippen MR) is 53.5 cm³/mol. The molecule has 0 aromatic rings. The number of carbonyl (C=O) groups excluding carboxylic acids is 1. The van der Waals surface area contributed by atoms with Crippen molar-refractivity contribution < 1.29 is 15.0 Å². The zero-order chi connectivity index (χ0) is 11.1. The smallest absolute Gasteiger partial charge is 0.0669 e. The second-order valence-corrected chi connectivity index (χ2v) is 3.62.